The van der Waals surface area contributed by atoms with Gasteiger partial charge in [0.2, 0.25) is 5.91 Å². The van der Waals surface area contributed by atoms with Crippen molar-refractivity contribution in [2.24, 2.45) is 5.73 Å². The van der Waals surface area contributed by atoms with Crippen molar-refractivity contribution in [3.05, 3.63) is 57.1 Å². The van der Waals surface area contributed by atoms with Crippen LogP contribution in [-0.2, 0) is 20.8 Å². The van der Waals surface area contributed by atoms with Gasteiger partial charge in [-0.05, 0) is 35.7 Å². The first kappa shape index (κ1) is 29.9. The highest BCUT2D eigenvalue weighted by Gasteiger charge is 2.41. The Morgan fingerprint density at radius 2 is 1.83 bits per heavy atom. The number of aromatic carboxylic acids is 1. The van der Waals surface area contributed by atoms with E-state index in [2.05, 4.69) is 10.6 Å². The van der Waals surface area contributed by atoms with Crippen LogP contribution in [0.3, 0.4) is 0 Å². The van der Waals surface area contributed by atoms with E-state index in [4.69, 9.17) is 33.6 Å². The van der Waals surface area contributed by atoms with Gasteiger partial charge < -0.3 is 41.2 Å². The van der Waals surface area contributed by atoms with Crippen molar-refractivity contribution in [2.45, 2.75) is 18.4 Å². The van der Waals surface area contributed by atoms with E-state index in [1.54, 1.807) is 6.07 Å². The molecule has 2 aliphatic heterocycles. The molecule has 7 N–H and O–H groups in total. The molecule has 2 aliphatic rings. The van der Waals surface area contributed by atoms with Gasteiger partial charge in [-0.3, -0.25) is 19.3 Å². The standard InChI is InChI=1S/C24H24BCl2N5O9/c26-14-8-12(9-15(27)18(14)33)17(30-24(39)32-7-6-31(5-4-28)21(35)22(32)36)20(34)29-16-10-11-2-1-3-13(23(37)38)19(11)41-25(16)40/h1-3,8-9,16-17,33,40H,4-7,10,28H2,(H,29,34)(H,30,39)(H,37,38). The van der Waals surface area contributed by atoms with Gasteiger partial charge in [0.05, 0.1) is 21.5 Å². The second-order valence-corrected chi connectivity index (χ2v) is 9.99. The van der Waals surface area contributed by atoms with Crippen LogP contribution in [0.4, 0.5) is 4.79 Å². The number of carboxylic acids is 1. The lowest BCUT2D eigenvalue weighted by Crippen LogP contribution is -2.60. The number of halogens is 2. The number of aromatic hydroxyl groups is 1. The fraction of sp³-hybridized carbons (Fsp3) is 0.292. The highest BCUT2D eigenvalue weighted by atomic mass is 35.5. The number of fused-ring (bicyclic) bond motifs is 1. The summed E-state index contributed by atoms with van der Waals surface area (Å²) in [5, 5.41) is 34.4. The maximum atomic E-state index is 13.5. The van der Waals surface area contributed by atoms with Gasteiger partial charge in [-0.15, -0.1) is 0 Å². The molecule has 0 spiro atoms. The molecule has 0 aliphatic carbocycles. The van der Waals surface area contributed by atoms with Crippen molar-refractivity contribution in [3.63, 3.8) is 0 Å². The molecule has 2 aromatic rings. The molecular formula is C24H24BCl2N5O9. The molecule has 216 valence electrons. The number of hydrogen-bond donors (Lipinski definition) is 6. The van der Waals surface area contributed by atoms with E-state index in [0.717, 1.165) is 0 Å². The molecule has 0 bridgehead atoms. The van der Waals surface area contributed by atoms with E-state index in [1.807, 2.05) is 0 Å². The number of benzene rings is 2. The van der Waals surface area contributed by atoms with Crippen molar-refractivity contribution in [3.8, 4) is 11.5 Å². The Morgan fingerprint density at radius 3 is 2.46 bits per heavy atom. The minimum Gasteiger partial charge on any atom is -0.534 e. The molecule has 0 radical (unpaired) electrons. The first-order chi connectivity index (χ1) is 19.4. The monoisotopic (exact) mass is 607 g/mol. The molecule has 14 nitrogen and oxygen atoms in total. The van der Waals surface area contributed by atoms with Gasteiger partial charge in [-0.25, -0.2) is 9.59 Å². The normalized spacial score (nSPS) is 17.5. The molecule has 17 heteroatoms. The minimum absolute atomic E-state index is 0.00368. The lowest BCUT2D eigenvalue weighted by Gasteiger charge is -2.33. The Hall–Kier alpha value is -4.05. The van der Waals surface area contributed by atoms with Crippen LogP contribution in [0, 0.1) is 0 Å². The Balaban J connectivity index is 1.59. The number of imide groups is 1. The maximum Gasteiger partial charge on any atom is 0.547 e. The number of para-hydroxylation sites is 1. The van der Waals surface area contributed by atoms with Crippen molar-refractivity contribution in [1.29, 1.82) is 0 Å². The molecule has 2 heterocycles. The molecule has 2 aromatic carbocycles. The zero-order valence-corrected chi connectivity index (χ0v) is 22.7. The number of hydrogen-bond acceptors (Lipinski definition) is 9. The number of nitrogens with zero attached hydrogens (tertiary/aromatic N) is 2. The van der Waals surface area contributed by atoms with E-state index >= 15 is 0 Å². The number of phenols is 1. The van der Waals surface area contributed by atoms with Gasteiger partial charge in [0.1, 0.15) is 11.8 Å². The minimum atomic E-state index is -1.66. The number of nitrogens with two attached hydrogens (primary N) is 1. The van der Waals surface area contributed by atoms with E-state index in [9.17, 15) is 39.2 Å². The SMILES string of the molecule is NCCN1CCN(C(=O)NC(C(=O)NC2Cc3cccc(C(=O)O)c3OB2O)c2cc(Cl)c(O)c(Cl)c2)C(=O)C1=O. The summed E-state index contributed by atoms with van der Waals surface area (Å²) in [5.74, 6) is -5.83. The Bertz CT molecular complexity index is 1400. The van der Waals surface area contributed by atoms with E-state index in [-0.39, 0.29) is 59.5 Å². The van der Waals surface area contributed by atoms with E-state index < -0.39 is 54.6 Å². The van der Waals surface area contributed by atoms with Crippen LogP contribution < -0.4 is 21.0 Å². The van der Waals surface area contributed by atoms with Gasteiger partial charge in [-0.2, -0.15) is 0 Å². The second-order valence-electron chi connectivity index (χ2n) is 9.18. The van der Waals surface area contributed by atoms with Gasteiger partial charge in [0.15, 0.2) is 5.75 Å². The van der Waals surface area contributed by atoms with Crippen LogP contribution in [0.1, 0.15) is 27.5 Å². The summed E-state index contributed by atoms with van der Waals surface area (Å²) in [7, 11) is -1.66. The van der Waals surface area contributed by atoms with Crippen molar-refractivity contribution in [1.82, 2.24) is 20.4 Å². The highest BCUT2D eigenvalue weighted by Crippen LogP contribution is 2.35. The second kappa shape index (κ2) is 12.2. The fourth-order valence-electron chi connectivity index (χ4n) is 4.47. The number of piperazine rings is 1. The van der Waals surface area contributed by atoms with Crippen LogP contribution >= 0.6 is 23.2 Å². The first-order valence-electron chi connectivity index (χ1n) is 12.2. The Kier molecular flexibility index (Phi) is 8.92. The smallest absolute Gasteiger partial charge is 0.534 e. The quantitative estimate of drug-likeness (QED) is 0.182. The van der Waals surface area contributed by atoms with Crippen LogP contribution in [-0.4, -0.2) is 94.0 Å². The fourth-order valence-corrected chi connectivity index (χ4v) is 4.98. The van der Waals surface area contributed by atoms with Gasteiger partial charge in [-0.1, -0.05) is 35.3 Å². The van der Waals surface area contributed by atoms with Crippen LogP contribution in [0.25, 0.3) is 0 Å². The third kappa shape index (κ3) is 6.17. The number of phenolic OH excluding ortho intramolecular Hbond substituents is 1. The number of rotatable bonds is 7. The van der Waals surface area contributed by atoms with Gasteiger partial charge in [0, 0.05) is 26.2 Å². The lowest BCUT2D eigenvalue weighted by molar-refractivity contribution is -0.153. The Morgan fingerprint density at radius 1 is 1.15 bits per heavy atom. The zero-order chi connectivity index (χ0) is 30.0. The van der Waals surface area contributed by atoms with Crippen molar-refractivity contribution < 1.29 is 43.9 Å². The number of carboxylic acid groups (broad SMARTS) is 1. The number of amides is 5. The molecule has 4 rings (SSSR count). The number of carbonyl (C=O) groups is 5. The third-order valence-corrected chi connectivity index (χ3v) is 7.11. The Labute approximate surface area is 243 Å². The molecule has 0 aromatic heterocycles. The first-order valence-corrected chi connectivity index (χ1v) is 13.0. The van der Waals surface area contributed by atoms with Gasteiger partial charge >= 0.3 is 30.9 Å². The molecular weight excluding hydrogens is 584 g/mol. The summed E-state index contributed by atoms with van der Waals surface area (Å²) in [6.07, 6.45) is -0.0305. The predicted molar refractivity (Wildman–Crippen MR) is 144 cm³/mol. The molecule has 5 amide bonds. The molecule has 41 heavy (non-hydrogen) atoms. The van der Waals surface area contributed by atoms with Crippen LogP contribution in [0.15, 0.2) is 30.3 Å². The van der Waals surface area contributed by atoms with E-state index in [1.165, 1.54) is 29.2 Å². The summed E-state index contributed by atoms with van der Waals surface area (Å²) in [6, 6.07) is 4.03. The average Bonchev–Trinajstić information content (AvgIpc) is 2.92. The number of carbonyl (C=O) groups excluding carboxylic acids is 4. The van der Waals surface area contributed by atoms with E-state index in [0.29, 0.717) is 10.5 Å². The predicted octanol–water partition coefficient (Wildman–Crippen LogP) is -0.0830. The molecule has 2 unspecified atom stereocenters. The number of nitrogens with one attached hydrogen (secondary N) is 2. The summed E-state index contributed by atoms with van der Waals surface area (Å²) < 4.78 is 5.40. The zero-order valence-electron chi connectivity index (χ0n) is 21.2. The van der Waals surface area contributed by atoms with Crippen molar-refractivity contribution in [2.75, 3.05) is 26.2 Å². The third-order valence-electron chi connectivity index (χ3n) is 6.53. The van der Waals surface area contributed by atoms with Crippen molar-refractivity contribution >= 4 is 60.0 Å². The summed E-state index contributed by atoms with van der Waals surface area (Å²) in [5.41, 5.74) is 5.69. The molecule has 0 saturated carbocycles. The topological polar surface area (TPSA) is 212 Å². The molecule has 1 saturated heterocycles. The van der Waals surface area contributed by atoms with Gasteiger partial charge in [0.25, 0.3) is 0 Å². The number of urea groups is 1. The lowest BCUT2D eigenvalue weighted by atomic mass is 9.72. The maximum absolute atomic E-state index is 13.5. The largest absolute Gasteiger partial charge is 0.547 e. The van der Waals surface area contributed by atoms with Crippen LogP contribution in [0.5, 0.6) is 11.5 Å². The average molecular weight is 608 g/mol. The summed E-state index contributed by atoms with van der Waals surface area (Å²) >= 11 is 12.1. The highest BCUT2D eigenvalue weighted by molar-refractivity contribution is 6.47. The molecule has 2 atom stereocenters. The summed E-state index contributed by atoms with van der Waals surface area (Å²) in [4.78, 5) is 65.0. The summed E-state index contributed by atoms with van der Waals surface area (Å²) in [6.45, 7) is 0.110. The molecule has 1 fully saturated rings. The van der Waals surface area contributed by atoms with Crippen LogP contribution in [0.2, 0.25) is 10.0 Å².